The molecule has 1 saturated heterocycles. The average Bonchev–Trinajstić information content (AvgIpc) is 2.67. The second kappa shape index (κ2) is 4.19. The fourth-order valence-corrected chi connectivity index (χ4v) is 2.38. The van der Waals surface area contributed by atoms with Crippen LogP contribution in [0.15, 0.2) is 24.3 Å². The van der Waals surface area contributed by atoms with Crippen molar-refractivity contribution in [3.63, 3.8) is 0 Å². The van der Waals surface area contributed by atoms with Gasteiger partial charge in [-0.2, -0.15) is 0 Å². The van der Waals surface area contributed by atoms with E-state index >= 15 is 0 Å². The van der Waals surface area contributed by atoms with Crippen molar-refractivity contribution in [3.05, 3.63) is 35.4 Å². The Balaban J connectivity index is 2.22. The number of thiocarbonyl (C=S) groups is 1. The third kappa shape index (κ3) is 2.12. The summed E-state index contributed by atoms with van der Waals surface area (Å²) in [6, 6.07) is 9.03. The van der Waals surface area contributed by atoms with Crippen molar-refractivity contribution in [1.29, 1.82) is 0 Å². The molecule has 2 rings (SSSR count). The van der Waals surface area contributed by atoms with E-state index in [1.807, 2.05) is 0 Å². The summed E-state index contributed by atoms with van der Waals surface area (Å²) in [6.07, 6.45) is 2.33. The largest absolute Gasteiger partial charge is 0.376 e. The molecule has 0 aliphatic carbocycles. The molecule has 1 aromatic rings. The normalized spacial score (nSPS) is 20.6. The van der Waals surface area contributed by atoms with Crippen LogP contribution in [0.5, 0.6) is 0 Å². The second-order valence-corrected chi connectivity index (χ2v) is 4.52. The Morgan fingerprint density at radius 1 is 1.40 bits per heavy atom. The number of rotatable bonds is 1. The number of nitrogens with two attached hydrogens (primary N) is 1. The van der Waals surface area contributed by atoms with Crippen LogP contribution >= 0.6 is 12.2 Å². The molecule has 2 N–H and O–H groups in total. The lowest BCUT2D eigenvalue weighted by Crippen LogP contribution is -2.34. The van der Waals surface area contributed by atoms with Gasteiger partial charge in [-0.15, -0.1) is 0 Å². The molecular formula is C12H16N2S. The van der Waals surface area contributed by atoms with Crippen molar-refractivity contribution in [1.82, 2.24) is 4.90 Å². The van der Waals surface area contributed by atoms with Gasteiger partial charge in [-0.1, -0.05) is 29.8 Å². The molecule has 1 fully saturated rings. The maximum atomic E-state index is 5.71. The van der Waals surface area contributed by atoms with E-state index in [1.165, 1.54) is 17.5 Å². The minimum Gasteiger partial charge on any atom is -0.376 e. The van der Waals surface area contributed by atoms with Crippen molar-refractivity contribution in [2.75, 3.05) is 6.54 Å². The van der Waals surface area contributed by atoms with Gasteiger partial charge in [0.15, 0.2) is 5.11 Å². The Morgan fingerprint density at radius 2 is 2.07 bits per heavy atom. The summed E-state index contributed by atoms with van der Waals surface area (Å²) in [5.41, 5.74) is 8.33. The van der Waals surface area contributed by atoms with Gasteiger partial charge in [-0.25, -0.2) is 0 Å². The van der Waals surface area contributed by atoms with E-state index in [1.54, 1.807) is 0 Å². The van der Waals surface area contributed by atoms with Crippen LogP contribution in [-0.2, 0) is 0 Å². The number of aryl methyl sites for hydroxylation is 1. The molecule has 1 aromatic carbocycles. The summed E-state index contributed by atoms with van der Waals surface area (Å²) in [7, 11) is 0. The van der Waals surface area contributed by atoms with Crippen molar-refractivity contribution >= 4 is 17.3 Å². The van der Waals surface area contributed by atoms with Crippen molar-refractivity contribution < 1.29 is 0 Å². The summed E-state index contributed by atoms with van der Waals surface area (Å²) in [4.78, 5) is 2.12. The van der Waals surface area contributed by atoms with Crippen LogP contribution in [0.25, 0.3) is 0 Å². The van der Waals surface area contributed by atoms with Gasteiger partial charge in [-0.05, 0) is 37.5 Å². The molecular weight excluding hydrogens is 204 g/mol. The van der Waals surface area contributed by atoms with Crippen LogP contribution in [0.2, 0.25) is 0 Å². The van der Waals surface area contributed by atoms with Crippen LogP contribution in [-0.4, -0.2) is 16.6 Å². The molecule has 0 bridgehead atoms. The highest BCUT2D eigenvalue weighted by molar-refractivity contribution is 7.80. The highest BCUT2D eigenvalue weighted by Crippen LogP contribution is 2.31. The summed E-state index contributed by atoms with van der Waals surface area (Å²) < 4.78 is 0. The van der Waals surface area contributed by atoms with Gasteiger partial charge in [0, 0.05) is 6.54 Å². The zero-order chi connectivity index (χ0) is 10.8. The second-order valence-electron chi connectivity index (χ2n) is 4.10. The maximum Gasteiger partial charge on any atom is 0.166 e. The fraction of sp³-hybridized carbons (Fsp3) is 0.417. The lowest BCUT2D eigenvalue weighted by atomic mass is 10.0. The molecule has 0 radical (unpaired) electrons. The number of likely N-dealkylation sites (tertiary alicyclic amines) is 1. The van der Waals surface area contributed by atoms with Crippen LogP contribution in [0.3, 0.4) is 0 Å². The summed E-state index contributed by atoms with van der Waals surface area (Å²) in [5.74, 6) is 0. The maximum absolute atomic E-state index is 5.71. The molecule has 0 saturated carbocycles. The highest BCUT2D eigenvalue weighted by atomic mass is 32.1. The number of benzene rings is 1. The molecule has 0 aromatic heterocycles. The van der Waals surface area contributed by atoms with E-state index in [-0.39, 0.29) is 0 Å². The third-order valence-electron chi connectivity index (χ3n) is 3.00. The Hall–Kier alpha value is -1.09. The summed E-state index contributed by atoms with van der Waals surface area (Å²) >= 11 is 5.06. The summed E-state index contributed by atoms with van der Waals surface area (Å²) in [5, 5.41) is 0.526. The van der Waals surface area contributed by atoms with Crippen LogP contribution in [0.1, 0.15) is 30.0 Å². The molecule has 80 valence electrons. The van der Waals surface area contributed by atoms with Crippen LogP contribution in [0.4, 0.5) is 0 Å². The first-order valence-corrected chi connectivity index (χ1v) is 5.72. The summed E-state index contributed by atoms with van der Waals surface area (Å²) in [6.45, 7) is 3.09. The lowest BCUT2D eigenvalue weighted by molar-refractivity contribution is 0.403. The molecule has 1 aliphatic rings. The lowest BCUT2D eigenvalue weighted by Gasteiger charge is -2.25. The molecule has 15 heavy (non-hydrogen) atoms. The van der Waals surface area contributed by atoms with E-state index < -0.39 is 0 Å². The average molecular weight is 220 g/mol. The van der Waals surface area contributed by atoms with Crippen molar-refractivity contribution in [2.24, 2.45) is 5.73 Å². The molecule has 1 unspecified atom stereocenters. The van der Waals surface area contributed by atoms with E-state index in [2.05, 4.69) is 36.1 Å². The molecule has 0 amide bonds. The van der Waals surface area contributed by atoms with Gasteiger partial charge in [0.2, 0.25) is 0 Å². The molecule has 2 nitrogen and oxygen atoms in total. The number of nitrogens with zero attached hydrogens (tertiary/aromatic N) is 1. The van der Waals surface area contributed by atoms with Crippen molar-refractivity contribution in [2.45, 2.75) is 25.8 Å². The Bertz CT molecular complexity index is 358. The number of hydrogen-bond donors (Lipinski definition) is 1. The Kier molecular flexibility index (Phi) is 2.91. The molecule has 1 atom stereocenters. The Morgan fingerprint density at radius 3 is 2.67 bits per heavy atom. The minimum absolute atomic E-state index is 0.392. The quantitative estimate of drug-likeness (QED) is 0.737. The van der Waals surface area contributed by atoms with E-state index in [9.17, 15) is 0 Å². The first-order chi connectivity index (χ1) is 7.18. The number of hydrogen-bond acceptors (Lipinski definition) is 1. The highest BCUT2D eigenvalue weighted by Gasteiger charge is 2.26. The van der Waals surface area contributed by atoms with E-state index in [0.717, 1.165) is 13.0 Å². The zero-order valence-electron chi connectivity index (χ0n) is 8.94. The van der Waals surface area contributed by atoms with E-state index in [0.29, 0.717) is 11.2 Å². The van der Waals surface area contributed by atoms with Crippen LogP contribution in [0, 0.1) is 6.92 Å². The first-order valence-electron chi connectivity index (χ1n) is 5.31. The van der Waals surface area contributed by atoms with Crippen LogP contribution < -0.4 is 5.73 Å². The first kappa shape index (κ1) is 10.4. The molecule has 1 aliphatic heterocycles. The SMILES string of the molecule is Cc1ccc(C2CCCN2C(N)=S)cc1. The molecule has 3 heteroatoms. The standard InChI is InChI=1S/C12H16N2S/c1-9-4-6-10(7-5-9)11-3-2-8-14(11)12(13)15/h4-7,11H,2-3,8H2,1H3,(H2,13,15). The molecule has 1 heterocycles. The Labute approximate surface area is 96.1 Å². The zero-order valence-corrected chi connectivity index (χ0v) is 9.76. The van der Waals surface area contributed by atoms with Gasteiger partial charge in [0.05, 0.1) is 6.04 Å². The predicted octanol–water partition coefficient (Wildman–Crippen LogP) is 2.38. The monoisotopic (exact) mass is 220 g/mol. The van der Waals surface area contributed by atoms with Gasteiger partial charge >= 0.3 is 0 Å². The predicted molar refractivity (Wildman–Crippen MR) is 66.6 cm³/mol. The van der Waals surface area contributed by atoms with Crippen molar-refractivity contribution in [3.8, 4) is 0 Å². The fourth-order valence-electron chi connectivity index (χ4n) is 2.17. The third-order valence-corrected chi connectivity index (χ3v) is 3.23. The smallest absolute Gasteiger partial charge is 0.166 e. The van der Waals surface area contributed by atoms with Gasteiger partial charge in [0.1, 0.15) is 0 Å². The minimum atomic E-state index is 0.392. The van der Waals surface area contributed by atoms with Gasteiger partial charge in [0.25, 0.3) is 0 Å². The van der Waals surface area contributed by atoms with E-state index in [4.69, 9.17) is 18.0 Å². The topological polar surface area (TPSA) is 29.3 Å². The van der Waals surface area contributed by atoms with Gasteiger partial charge < -0.3 is 10.6 Å². The van der Waals surface area contributed by atoms with Gasteiger partial charge in [-0.3, -0.25) is 0 Å². The molecule has 0 spiro atoms.